The first-order valence-electron chi connectivity index (χ1n) is 4.14. The molecule has 0 bridgehead atoms. The largest absolute Gasteiger partial charge is 0.416 e. The lowest BCUT2D eigenvalue weighted by atomic mass is 10.2. The second-order valence-corrected chi connectivity index (χ2v) is 3.50. The molecule has 0 spiro atoms. The van der Waals surface area contributed by atoms with Crippen molar-refractivity contribution in [1.29, 1.82) is 0 Å². The fourth-order valence-corrected chi connectivity index (χ4v) is 1.53. The molecule has 1 aromatic heterocycles. The summed E-state index contributed by atoms with van der Waals surface area (Å²) >= 11 is 5.63. The van der Waals surface area contributed by atoms with Crippen LogP contribution in [0, 0.1) is 0 Å². The van der Waals surface area contributed by atoms with Crippen LogP contribution in [0.2, 0.25) is 5.02 Å². The van der Waals surface area contributed by atoms with Crippen molar-refractivity contribution in [3.63, 3.8) is 0 Å². The summed E-state index contributed by atoms with van der Waals surface area (Å²) in [7, 11) is 0. The number of nitrogens with one attached hydrogen (secondary N) is 1. The highest BCUT2D eigenvalue weighted by Gasteiger charge is 2.31. The van der Waals surface area contributed by atoms with Gasteiger partial charge in [0.1, 0.15) is 0 Å². The summed E-state index contributed by atoms with van der Waals surface area (Å²) in [5.74, 6) is 0. The van der Waals surface area contributed by atoms with E-state index in [0.29, 0.717) is 0 Å². The van der Waals surface area contributed by atoms with Gasteiger partial charge in [-0.2, -0.15) is 13.2 Å². The van der Waals surface area contributed by atoms with Crippen molar-refractivity contribution in [2.75, 3.05) is 0 Å². The van der Waals surface area contributed by atoms with E-state index < -0.39 is 17.3 Å². The molecule has 2 aromatic rings. The molecule has 0 amide bonds. The summed E-state index contributed by atoms with van der Waals surface area (Å²) in [5, 5.41) is -0.185. The van der Waals surface area contributed by atoms with Gasteiger partial charge < -0.3 is 4.98 Å². The van der Waals surface area contributed by atoms with Gasteiger partial charge in [0.15, 0.2) is 0 Å². The highest BCUT2D eigenvalue weighted by molar-refractivity contribution is 6.34. The van der Waals surface area contributed by atoms with E-state index in [2.05, 4.69) is 9.97 Å². The summed E-state index contributed by atoms with van der Waals surface area (Å²) < 4.78 is 37.3. The number of benzene rings is 1. The Labute approximate surface area is 91.9 Å². The maximum atomic E-state index is 12.4. The summed E-state index contributed by atoms with van der Waals surface area (Å²) in [5.41, 5.74) is -1.32. The van der Waals surface area contributed by atoms with Crippen LogP contribution in [0.3, 0.4) is 0 Å². The Balaban J connectivity index is 2.78. The van der Waals surface area contributed by atoms with Gasteiger partial charge in [-0.05, 0) is 12.1 Å². The fourth-order valence-electron chi connectivity index (χ4n) is 1.27. The van der Waals surface area contributed by atoms with E-state index in [1.807, 2.05) is 0 Å². The van der Waals surface area contributed by atoms with Crippen molar-refractivity contribution in [3.8, 4) is 0 Å². The lowest BCUT2D eigenvalue weighted by Crippen LogP contribution is -2.08. The van der Waals surface area contributed by atoms with E-state index in [9.17, 15) is 18.0 Å². The van der Waals surface area contributed by atoms with E-state index in [1.165, 1.54) is 0 Å². The molecule has 7 heteroatoms. The van der Waals surface area contributed by atoms with Crippen LogP contribution in [0.15, 0.2) is 23.1 Å². The molecule has 2 rings (SSSR count). The molecule has 0 unspecified atom stereocenters. The Morgan fingerprint density at radius 2 is 2.00 bits per heavy atom. The highest BCUT2D eigenvalue weighted by Crippen LogP contribution is 2.33. The molecule has 0 aliphatic heterocycles. The number of nitrogens with zero attached hydrogens (tertiary/aromatic N) is 1. The Hall–Kier alpha value is -1.56. The zero-order valence-electron chi connectivity index (χ0n) is 7.60. The standard InChI is InChI=1S/C9H4ClF3N2O/c10-5-1-4(9(11,12)13)2-6-8(5)15-7(16)3-14-6/h1-3H,(H,15,16). The van der Waals surface area contributed by atoms with Crippen LogP contribution in [0.4, 0.5) is 13.2 Å². The highest BCUT2D eigenvalue weighted by atomic mass is 35.5. The monoisotopic (exact) mass is 248 g/mol. The molecule has 0 radical (unpaired) electrons. The average molecular weight is 249 g/mol. The van der Waals surface area contributed by atoms with Gasteiger partial charge in [-0.3, -0.25) is 4.79 Å². The van der Waals surface area contributed by atoms with Crippen molar-refractivity contribution < 1.29 is 13.2 Å². The van der Waals surface area contributed by atoms with E-state index in [4.69, 9.17) is 11.6 Å². The van der Waals surface area contributed by atoms with E-state index in [0.717, 1.165) is 18.3 Å². The molecule has 1 N–H and O–H groups in total. The van der Waals surface area contributed by atoms with Gasteiger partial charge in [0.2, 0.25) is 0 Å². The van der Waals surface area contributed by atoms with Crippen molar-refractivity contribution in [1.82, 2.24) is 9.97 Å². The van der Waals surface area contributed by atoms with Crippen LogP contribution in [0.5, 0.6) is 0 Å². The van der Waals surface area contributed by atoms with Crippen LogP contribution < -0.4 is 5.56 Å². The first kappa shape index (κ1) is 10.9. The van der Waals surface area contributed by atoms with Crippen LogP contribution >= 0.6 is 11.6 Å². The Bertz CT molecular complexity index is 606. The first-order chi connectivity index (χ1) is 7.38. The molecule has 0 aliphatic carbocycles. The molecule has 1 aromatic carbocycles. The average Bonchev–Trinajstić information content (AvgIpc) is 2.17. The van der Waals surface area contributed by atoms with Crippen LogP contribution in [-0.4, -0.2) is 9.97 Å². The van der Waals surface area contributed by atoms with Gasteiger partial charge in [0.25, 0.3) is 5.56 Å². The van der Waals surface area contributed by atoms with E-state index in [1.54, 1.807) is 0 Å². The van der Waals surface area contributed by atoms with Crippen LogP contribution in [-0.2, 0) is 6.18 Å². The first-order valence-corrected chi connectivity index (χ1v) is 4.51. The number of hydrogen-bond donors (Lipinski definition) is 1. The predicted molar refractivity (Wildman–Crippen MR) is 52.4 cm³/mol. The number of rotatable bonds is 0. The summed E-state index contributed by atoms with van der Waals surface area (Å²) in [6.45, 7) is 0. The van der Waals surface area contributed by atoms with Gasteiger partial charge in [-0.15, -0.1) is 0 Å². The van der Waals surface area contributed by atoms with E-state index in [-0.39, 0.29) is 16.1 Å². The topological polar surface area (TPSA) is 45.8 Å². The van der Waals surface area contributed by atoms with Crippen LogP contribution in [0.25, 0.3) is 11.0 Å². The molecule has 16 heavy (non-hydrogen) atoms. The maximum absolute atomic E-state index is 12.4. The number of halogens is 4. The van der Waals surface area contributed by atoms with Gasteiger partial charge in [0, 0.05) is 0 Å². The second kappa shape index (κ2) is 3.48. The summed E-state index contributed by atoms with van der Waals surface area (Å²) in [4.78, 5) is 16.8. The Kier molecular flexibility index (Phi) is 2.38. The molecule has 0 aliphatic rings. The Morgan fingerprint density at radius 1 is 1.31 bits per heavy atom. The maximum Gasteiger partial charge on any atom is 0.416 e. The molecule has 84 valence electrons. The van der Waals surface area contributed by atoms with Crippen LogP contribution in [0.1, 0.15) is 5.56 Å². The molecule has 1 heterocycles. The quantitative estimate of drug-likeness (QED) is 0.779. The zero-order chi connectivity index (χ0) is 11.9. The normalized spacial score (nSPS) is 12.0. The molecule has 3 nitrogen and oxygen atoms in total. The number of hydrogen-bond acceptors (Lipinski definition) is 2. The lowest BCUT2D eigenvalue weighted by Gasteiger charge is -2.08. The van der Waals surface area contributed by atoms with Crippen molar-refractivity contribution >= 4 is 22.6 Å². The zero-order valence-corrected chi connectivity index (χ0v) is 8.36. The molecular weight excluding hydrogens is 245 g/mol. The number of H-pyrrole nitrogens is 1. The SMILES string of the molecule is O=c1cnc2cc(C(F)(F)F)cc(Cl)c2[nH]1. The smallest absolute Gasteiger partial charge is 0.318 e. The lowest BCUT2D eigenvalue weighted by molar-refractivity contribution is -0.137. The van der Waals surface area contributed by atoms with Gasteiger partial charge in [-0.25, -0.2) is 4.98 Å². The number of alkyl halides is 3. The molecule has 0 fully saturated rings. The summed E-state index contributed by atoms with van der Waals surface area (Å²) in [6.07, 6.45) is -3.59. The predicted octanol–water partition coefficient (Wildman–Crippen LogP) is 2.60. The third-order valence-electron chi connectivity index (χ3n) is 1.97. The minimum atomic E-state index is -4.49. The number of aromatic nitrogens is 2. The summed E-state index contributed by atoms with van der Waals surface area (Å²) in [6, 6.07) is 1.58. The minimum absolute atomic E-state index is 0.000532. The Morgan fingerprint density at radius 3 is 2.62 bits per heavy atom. The molecule has 0 atom stereocenters. The van der Waals surface area contributed by atoms with Crippen molar-refractivity contribution in [3.05, 3.63) is 39.3 Å². The van der Waals surface area contributed by atoms with Crippen molar-refractivity contribution in [2.45, 2.75) is 6.18 Å². The third kappa shape index (κ3) is 1.88. The van der Waals surface area contributed by atoms with E-state index >= 15 is 0 Å². The number of aromatic amines is 1. The van der Waals surface area contributed by atoms with Gasteiger partial charge >= 0.3 is 6.18 Å². The fraction of sp³-hybridized carbons (Fsp3) is 0.111. The minimum Gasteiger partial charge on any atom is -0.318 e. The van der Waals surface area contributed by atoms with Crippen molar-refractivity contribution in [2.24, 2.45) is 0 Å². The molecule has 0 saturated carbocycles. The van der Waals surface area contributed by atoms with Gasteiger partial charge in [0.05, 0.1) is 27.8 Å². The van der Waals surface area contributed by atoms with Gasteiger partial charge in [-0.1, -0.05) is 11.6 Å². The number of fused-ring (bicyclic) bond motifs is 1. The third-order valence-corrected chi connectivity index (χ3v) is 2.26. The molecular formula is C9H4ClF3N2O. The second-order valence-electron chi connectivity index (χ2n) is 3.10. The molecule has 0 saturated heterocycles.